The lowest BCUT2D eigenvalue weighted by Gasteiger charge is -2.07. The third-order valence-electron chi connectivity index (χ3n) is 4.36. The Labute approximate surface area is 142 Å². The molecule has 0 heterocycles. The van der Waals surface area contributed by atoms with E-state index < -0.39 is 0 Å². The molecular formula is C19H36N2O2. The minimum atomic E-state index is 0.427. The Morgan fingerprint density at radius 2 is 1.65 bits per heavy atom. The molecule has 4 nitrogen and oxygen atoms in total. The van der Waals surface area contributed by atoms with E-state index in [1.54, 1.807) is 0 Å². The number of azo groups is 1. The molecule has 0 aromatic rings. The molecule has 0 amide bonds. The lowest BCUT2D eigenvalue weighted by Crippen LogP contribution is -1.98. The van der Waals surface area contributed by atoms with Crippen molar-refractivity contribution < 1.29 is 9.66 Å². The maximum absolute atomic E-state index is 11.8. The van der Waals surface area contributed by atoms with E-state index in [4.69, 9.17) is 0 Å². The number of unbranched alkanes of at least 4 members (excludes halogenated alkanes) is 6. The topological polar surface area (TPSA) is 55.5 Å². The van der Waals surface area contributed by atoms with Gasteiger partial charge in [-0.05, 0) is 36.9 Å². The fourth-order valence-electron chi connectivity index (χ4n) is 2.51. The number of carbonyl (C=O) groups is 1. The highest BCUT2D eigenvalue weighted by molar-refractivity contribution is 5.78. The number of hydrogen-bond donors (Lipinski definition) is 0. The predicted octanol–water partition coefficient (Wildman–Crippen LogP) is 6.00. The maximum atomic E-state index is 11.8. The van der Waals surface area contributed by atoms with E-state index >= 15 is 0 Å². The summed E-state index contributed by atoms with van der Waals surface area (Å²) in [6.07, 6.45) is 14.0. The Bertz CT molecular complexity index is 340. The Hall–Kier alpha value is -1.19. The first-order valence-electron chi connectivity index (χ1n) is 9.38. The fraction of sp³-hybridized carbons (Fsp3) is 0.842. The highest BCUT2D eigenvalue weighted by atomic mass is 16.5. The largest absolute Gasteiger partial charge is 0.595 e. The summed E-state index contributed by atoms with van der Waals surface area (Å²) in [5, 5.41) is 14.6. The van der Waals surface area contributed by atoms with Gasteiger partial charge in [-0.25, -0.2) is 0 Å². The zero-order valence-corrected chi connectivity index (χ0v) is 15.3. The molecule has 23 heavy (non-hydrogen) atoms. The molecule has 0 aliphatic rings. The minimum absolute atomic E-state index is 0.427. The van der Waals surface area contributed by atoms with E-state index in [-0.39, 0.29) is 0 Å². The van der Waals surface area contributed by atoms with E-state index in [1.807, 2.05) is 0 Å². The van der Waals surface area contributed by atoms with Crippen LogP contribution in [0.2, 0.25) is 0 Å². The van der Waals surface area contributed by atoms with Gasteiger partial charge in [-0.2, -0.15) is 0 Å². The third-order valence-corrected chi connectivity index (χ3v) is 4.36. The molecule has 0 fully saturated rings. The van der Waals surface area contributed by atoms with Crippen molar-refractivity contribution in [3.8, 4) is 0 Å². The van der Waals surface area contributed by atoms with Crippen LogP contribution in [0.3, 0.4) is 0 Å². The van der Waals surface area contributed by atoms with Gasteiger partial charge in [0, 0.05) is 12.8 Å². The van der Waals surface area contributed by atoms with Gasteiger partial charge in [0.1, 0.15) is 12.3 Å². The van der Waals surface area contributed by atoms with Gasteiger partial charge in [-0.1, -0.05) is 63.7 Å². The van der Waals surface area contributed by atoms with E-state index in [1.165, 1.54) is 25.7 Å². The number of rotatable bonds is 16. The van der Waals surface area contributed by atoms with Crippen LogP contribution in [-0.2, 0) is 4.79 Å². The summed E-state index contributed by atoms with van der Waals surface area (Å²) in [6.45, 7) is 8.45. The monoisotopic (exact) mass is 324 g/mol. The molecule has 4 heteroatoms. The van der Waals surface area contributed by atoms with Crippen molar-refractivity contribution in [2.75, 3.05) is 6.54 Å². The molecule has 0 spiro atoms. The molecule has 0 N–H and O–H groups in total. The molecular weight excluding hydrogens is 288 g/mol. The zero-order valence-electron chi connectivity index (χ0n) is 15.3. The third kappa shape index (κ3) is 15.5. The van der Waals surface area contributed by atoms with Gasteiger partial charge in [0.2, 0.25) is 6.20 Å². The van der Waals surface area contributed by atoms with Crippen molar-refractivity contribution in [2.45, 2.75) is 90.9 Å². The molecule has 0 saturated carbocycles. The van der Waals surface area contributed by atoms with Crippen LogP contribution < -0.4 is 0 Å². The molecule has 134 valence electrons. The number of carbonyl (C=O) groups excluding carboxylic acids is 1. The standard InChI is InChI=1S/C19H36N2O2/c1-4-18(3)14-10-9-12-16-19(22)15-11-7-6-8-13-17-20-21(23)5-2/h5,18H,2,4,6-17H2,1,3H3/t18-/m0/s1. The minimum Gasteiger partial charge on any atom is -0.595 e. The van der Waals surface area contributed by atoms with E-state index in [0.717, 1.165) is 63.5 Å². The summed E-state index contributed by atoms with van der Waals surface area (Å²) in [5.74, 6) is 1.25. The number of hydroxylamine groups is 1. The quantitative estimate of drug-likeness (QED) is 0.151. The van der Waals surface area contributed by atoms with Gasteiger partial charge in [0.05, 0.1) is 0 Å². The van der Waals surface area contributed by atoms with Gasteiger partial charge in [0.25, 0.3) is 0 Å². The summed E-state index contributed by atoms with van der Waals surface area (Å²) in [5.41, 5.74) is 0. The molecule has 0 bridgehead atoms. The van der Waals surface area contributed by atoms with Crippen LogP contribution in [-0.4, -0.2) is 17.2 Å². The van der Waals surface area contributed by atoms with E-state index in [0.29, 0.717) is 17.2 Å². The zero-order chi connectivity index (χ0) is 17.3. The Morgan fingerprint density at radius 1 is 1.09 bits per heavy atom. The van der Waals surface area contributed by atoms with Crippen molar-refractivity contribution in [3.63, 3.8) is 0 Å². The SMILES string of the molecule is C=C[N+]([O-])=NCCCCCCCC(=O)CCCCC[C@@H](C)CC. The highest BCUT2D eigenvalue weighted by Crippen LogP contribution is 2.14. The molecule has 0 radical (unpaired) electrons. The van der Waals surface area contributed by atoms with Gasteiger partial charge in [0.15, 0.2) is 0 Å². The summed E-state index contributed by atoms with van der Waals surface area (Å²) in [7, 11) is 0. The normalized spacial score (nSPS) is 13.0. The average Bonchev–Trinajstić information content (AvgIpc) is 2.56. The second-order valence-corrected chi connectivity index (χ2v) is 6.52. The summed E-state index contributed by atoms with van der Waals surface area (Å²) in [6, 6.07) is 0. The molecule has 0 aliphatic carbocycles. The smallest absolute Gasteiger partial charge is 0.202 e. The Kier molecular flexibility index (Phi) is 14.9. The van der Waals surface area contributed by atoms with Gasteiger partial charge in [-0.3, -0.25) is 4.79 Å². The van der Waals surface area contributed by atoms with Crippen molar-refractivity contribution in [2.24, 2.45) is 11.0 Å². The Morgan fingerprint density at radius 3 is 2.26 bits per heavy atom. The first kappa shape index (κ1) is 21.8. The molecule has 0 aromatic carbocycles. The summed E-state index contributed by atoms with van der Waals surface area (Å²) >= 11 is 0. The summed E-state index contributed by atoms with van der Waals surface area (Å²) in [4.78, 5) is 12.3. The highest BCUT2D eigenvalue weighted by Gasteiger charge is 2.03. The van der Waals surface area contributed by atoms with Crippen LogP contribution in [0.5, 0.6) is 0 Å². The van der Waals surface area contributed by atoms with Gasteiger partial charge in [-0.15, -0.1) is 0 Å². The lowest BCUT2D eigenvalue weighted by atomic mass is 9.99. The van der Waals surface area contributed by atoms with Crippen molar-refractivity contribution >= 4 is 5.78 Å². The molecule has 0 saturated heterocycles. The summed E-state index contributed by atoms with van der Waals surface area (Å²) < 4.78 is 0. The second-order valence-electron chi connectivity index (χ2n) is 6.52. The first-order chi connectivity index (χ1) is 11.1. The average molecular weight is 325 g/mol. The molecule has 0 aliphatic heterocycles. The second kappa shape index (κ2) is 15.7. The number of nitrogens with zero attached hydrogens (tertiary/aromatic N) is 2. The van der Waals surface area contributed by atoms with Crippen LogP contribution in [0.25, 0.3) is 0 Å². The molecule has 0 rings (SSSR count). The van der Waals surface area contributed by atoms with Crippen molar-refractivity contribution in [3.05, 3.63) is 18.0 Å². The van der Waals surface area contributed by atoms with Crippen molar-refractivity contribution in [1.82, 2.24) is 0 Å². The van der Waals surface area contributed by atoms with Crippen LogP contribution in [0.1, 0.15) is 90.9 Å². The molecule has 0 unspecified atom stereocenters. The van der Waals surface area contributed by atoms with Crippen LogP contribution in [0.15, 0.2) is 17.9 Å². The van der Waals surface area contributed by atoms with E-state index in [9.17, 15) is 10.0 Å². The Balaban J connectivity index is 3.32. The van der Waals surface area contributed by atoms with Crippen LogP contribution >= 0.6 is 0 Å². The van der Waals surface area contributed by atoms with Gasteiger partial charge >= 0.3 is 0 Å². The van der Waals surface area contributed by atoms with Gasteiger partial charge < -0.3 is 5.21 Å². The maximum Gasteiger partial charge on any atom is 0.202 e. The first-order valence-corrected chi connectivity index (χ1v) is 9.38. The number of hydrogen-bond acceptors (Lipinski definition) is 3. The molecule has 0 aromatic heterocycles. The molecule has 1 atom stereocenters. The fourth-order valence-corrected chi connectivity index (χ4v) is 2.51. The van der Waals surface area contributed by atoms with Crippen molar-refractivity contribution in [1.29, 1.82) is 0 Å². The number of ketones is 1. The van der Waals surface area contributed by atoms with E-state index in [2.05, 4.69) is 25.5 Å². The number of Topliss-reactive ketones (excluding diaryl/α,β-unsaturated/α-hetero) is 1. The van der Waals surface area contributed by atoms with Crippen LogP contribution in [0, 0.1) is 11.1 Å². The predicted molar refractivity (Wildman–Crippen MR) is 96.4 cm³/mol. The van der Waals surface area contributed by atoms with Crippen LogP contribution in [0.4, 0.5) is 0 Å². The lowest BCUT2D eigenvalue weighted by molar-refractivity contribution is -0.458.